The second kappa shape index (κ2) is 8.99. The number of thiazole rings is 1. The van der Waals surface area contributed by atoms with Gasteiger partial charge in [0.2, 0.25) is 0 Å². The Bertz CT molecular complexity index is 689. The molecule has 5 nitrogen and oxygen atoms in total. The summed E-state index contributed by atoms with van der Waals surface area (Å²) in [7, 11) is 0. The zero-order valence-corrected chi connectivity index (χ0v) is 16.7. The van der Waals surface area contributed by atoms with E-state index in [0.717, 1.165) is 52.7 Å². The van der Waals surface area contributed by atoms with E-state index < -0.39 is 0 Å². The van der Waals surface area contributed by atoms with Crippen molar-refractivity contribution in [2.45, 2.75) is 32.4 Å². The van der Waals surface area contributed by atoms with Gasteiger partial charge in [0.15, 0.2) is 0 Å². The molecule has 2 heterocycles. The van der Waals surface area contributed by atoms with Crippen molar-refractivity contribution >= 4 is 56.2 Å². The summed E-state index contributed by atoms with van der Waals surface area (Å²) < 4.78 is 6.08. The first-order valence-electron chi connectivity index (χ1n) is 7.86. The van der Waals surface area contributed by atoms with E-state index in [9.17, 15) is 4.79 Å². The second-order valence-corrected chi connectivity index (χ2v) is 7.03. The number of carbonyl (C=O) groups is 1. The van der Waals surface area contributed by atoms with Crippen molar-refractivity contribution < 1.29 is 9.53 Å². The van der Waals surface area contributed by atoms with E-state index in [-0.39, 0.29) is 23.1 Å². The van der Waals surface area contributed by atoms with Crippen LogP contribution in [0.1, 0.15) is 24.8 Å². The van der Waals surface area contributed by atoms with Crippen molar-refractivity contribution in [1.82, 2.24) is 15.2 Å². The molecule has 0 bridgehead atoms. The van der Waals surface area contributed by atoms with Gasteiger partial charge in [-0.2, -0.15) is 0 Å². The number of benzene rings is 1. The van der Waals surface area contributed by atoms with E-state index in [1.54, 1.807) is 16.2 Å². The number of fused-ring (bicyclic) bond motifs is 1. The highest BCUT2D eigenvalue weighted by Gasteiger charge is 2.23. The van der Waals surface area contributed by atoms with Crippen LogP contribution < -0.4 is 5.32 Å². The summed E-state index contributed by atoms with van der Waals surface area (Å²) in [5.41, 5.74) is 0.955. The molecule has 1 amide bonds. The SMILES string of the molecule is Br.CCOC(=O)N1CCC(NCc2nc3cccc(Cl)c3s2)CC1. The molecule has 0 spiro atoms. The molecule has 1 aromatic carbocycles. The lowest BCUT2D eigenvalue weighted by Gasteiger charge is -2.31. The van der Waals surface area contributed by atoms with Crippen molar-refractivity contribution in [2.75, 3.05) is 19.7 Å². The van der Waals surface area contributed by atoms with Crippen LogP contribution in [0, 0.1) is 0 Å². The first kappa shape index (κ1) is 19.4. The summed E-state index contributed by atoms with van der Waals surface area (Å²) >= 11 is 7.83. The lowest BCUT2D eigenvalue weighted by atomic mass is 10.1. The molecule has 2 aromatic rings. The van der Waals surface area contributed by atoms with E-state index >= 15 is 0 Å². The van der Waals surface area contributed by atoms with E-state index in [0.29, 0.717) is 12.6 Å². The maximum atomic E-state index is 11.7. The number of rotatable bonds is 4. The van der Waals surface area contributed by atoms with Gasteiger partial charge in [-0.15, -0.1) is 28.3 Å². The fourth-order valence-corrected chi connectivity index (χ4v) is 3.95. The molecule has 8 heteroatoms. The summed E-state index contributed by atoms with van der Waals surface area (Å²) in [4.78, 5) is 18.1. The van der Waals surface area contributed by atoms with Crippen LogP contribution in [-0.2, 0) is 11.3 Å². The van der Waals surface area contributed by atoms with E-state index in [1.165, 1.54) is 0 Å². The maximum Gasteiger partial charge on any atom is 0.409 e. The number of hydrogen-bond donors (Lipinski definition) is 1. The normalized spacial score (nSPS) is 15.3. The Kier molecular flexibility index (Phi) is 7.28. The summed E-state index contributed by atoms with van der Waals surface area (Å²) in [6.07, 6.45) is 1.67. The van der Waals surface area contributed by atoms with Crippen molar-refractivity contribution in [2.24, 2.45) is 0 Å². The molecular formula is C16H21BrClN3O2S. The number of aromatic nitrogens is 1. The molecule has 1 aliphatic rings. The highest BCUT2D eigenvalue weighted by Crippen LogP contribution is 2.29. The van der Waals surface area contributed by atoms with Crippen LogP contribution in [0.25, 0.3) is 10.2 Å². The summed E-state index contributed by atoms with van der Waals surface area (Å²) in [5, 5.41) is 5.34. The Morgan fingerprint density at radius 1 is 1.46 bits per heavy atom. The monoisotopic (exact) mass is 433 g/mol. The minimum atomic E-state index is -0.202. The minimum Gasteiger partial charge on any atom is -0.450 e. The zero-order valence-electron chi connectivity index (χ0n) is 13.5. The van der Waals surface area contributed by atoms with Crippen LogP contribution in [0.3, 0.4) is 0 Å². The van der Waals surface area contributed by atoms with Gasteiger partial charge in [-0.05, 0) is 31.9 Å². The molecule has 0 unspecified atom stereocenters. The summed E-state index contributed by atoms with van der Waals surface area (Å²) in [6.45, 7) is 4.47. The molecular weight excluding hydrogens is 414 g/mol. The molecule has 1 fully saturated rings. The van der Waals surface area contributed by atoms with Crippen molar-refractivity contribution in [1.29, 1.82) is 0 Å². The lowest BCUT2D eigenvalue weighted by Crippen LogP contribution is -2.44. The van der Waals surface area contributed by atoms with Crippen molar-refractivity contribution in [3.63, 3.8) is 0 Å². The number of nitrogens with one attached hydrogen (secondary N) is 1. The van der Waals surface area contributed by atoms with E-state index in [2.05, 4.69) is 10.3 Å². The minimum absolute atomic E-state index is 0. The first-order valence-corrected chi connectivity index (χ1v) is 9.06. The standard InChI is InChI=1S/C16H20ClN3O2S.BrH/c1-2-22-16(21)20-8-6-11(7-9-20)18-10-14-19-13-5-3-4-12(17)15(13)23-14;/h3-5,11,18H,2,6-10H2,1H3;1H. The fourth-order valence-electron chi connectivity index (χ4n) is 2.75. The Labute approximate surface area is 161 Å². The second-order valence-electron chi connectivity index (χ2n) is 5.54. The van der Waals surface area contributed by atoms with Gasteiger partial charge in [0, 0.05) is 25.7 Å². The van der Waals surface area contributed by atoms with Gasteiger partial charge >= 0.3 is 6.09 Å². The number of ether oxygens (including phenoxy) is 1. The smallest absolute Gasteiger partial charge is 0.409 e. The highest BCUT2D eigenvalue weighted by atomic mass is 79.9. The number of hydrogen-bond acceptors (Lipinski definition) is 5. The van der Waals surface area contributed by atoms with Crippen LogP contribution in [0.15, 0.2) is 18.2 Å². The van der Waals surface area contributed by atoms with Crippen LogP contribution >= 0.6 is 39.9 Å². The number of amides is 1. The predicted octanol–water partition coefficient (Wildman–Crippen LogP) is 4.24. The average molecular weight is 435 g/mol. The van der Waals surface area contributed by atoms with Crippen LogP contribution in [-0.4, -0.2) is 41.7 Å². The average Bonchev–Trinajstić information content (AvgIpc) is 2.98. The molecule has 0 atom stereocenters. The Balaban J connectivity index is 0.00000208. The lowest BCUT2D eigenvalue weighted by molar-refractivity contribution is 0.0950. The molecule has 1 aromatic heterocycles. The molecule has 1 N–H and O–H groups in total. The van der Waals surface area contributed by atoms with Crippen LogP contribution in [0.2, 0.25) is 5.02 Å². The van der Waals surface area contributed by atoms with E-state index in [1.807, 2.05) is 25.1 Å². The molecule has 3 rings (SSSR count). The highest BCUT2D eigenvalue weighted by molar-refractivity contribution is 8.93. The van der Waals surface area contributed by atoms with Gasteiger partial charge in [-0.3, -0.25) is 0 Å². The van der Waals surface area contributed by atoms with Crippen molar-refractivity contribution in [3.05, 3.63) is 28.2 Å². The predicted molar refractivity (Wildman–Crippen MR) is 103 cm³/mol. The molecule has 1 saturated heterocycles. The number of nitrogens with zero attached hydrogens (tertiary/aromatic N) is 2. The van der Waals surface area contributed by atoms with Gasteiger partial charge in [-0.25, -0.2) is 9.78 Å². The number of halogens is 2. The molecule has 0 aliphatic carbocycles. The number of likely N-dealkylation sites (tertiary alicyclic amines) is 1. The van der Waals surface area contributed by atoms with Crippen LogP contribution in [0.5, 0.6) is 0 Å². The van der Waals surface area contributed by atoms with Gasteiger partial charge in [-0.1, -0.05) is 17.7 Å². The summed E-state index contributed by atoms with van der Waals surface area (Å²) in [5.74, 6) is 0. The maximum absolute atomic E-state index is 11.7. The molecule has 0 radical (unpaired) electrons. The quantitative estimate of drug-likeness (QED) is 0.782. The Hall–Kier alpha value is -0.890. The topological polar surface area (TPSA) is 54.5 Å². The van der Waals surface area contributed by atoms with Gasteiger partial charge < -0.3 is 15.0 Å². The van der Waals surface area contributed by atoms with Crippen molar-refractivity contribution in [3.8, 4) is 0 Å². The van der Waals surface area contributed by atoms with Crippen LogP contribution in [0.4, 0.5) is 4.79 Å². The first-order chi connectivity index (χ1) is 11.2. The largest absolute Gasteiger partial charge is 0.450 e. The van der Waals surface area contributed by atoms with Gasteiger partial charge in [0.1, 0.15) is 5.01 Å². The number of piperidine rings is 1. The van der Waals surface area contributed by atoms with E-state index in [4.69, 9.17) is 16.3 Å². The van der Waals surface area contributed by atoms with Gasteiger partial charge in [0.05, 0.1) is 21.8 Å². The third-order valence-corrected chi connectivity index (χ3v) is 5.51. The summed E-state index contributed by atoms with van der Waals surface area (Å²) in [6, 6.07) is 6.21. The Morgan fingerprint density at radius 3 is 2.88 bits per heavy atom. The number of carbonyl (C=O) groups excluding carboxylic acids is 1. The molecule has 132 valence electrons. The molecule has 1 aliphatic heterocycles. The third-order valence-electron chi connectivity index (χ3n) is 3.97. The fraction of sp³-hybridized carbons (Fsp3) is 0.500. The van der Waals surface area contributed by atoms with Gasteiger partial charge in [0.25, 0.3) is 0 Å². The molecule has 0 saturated carbocycles. The zero-order chi connectivity index (χ0) is 16.2. The Morgan fingerprint density at radius 2 is 2.21 bits per heavy atom. The third kappa shape index (κ3) is 4.59. The molecule has 24 heavy (non-hydrogen) atoms.